The van der Waals surface area contributed by atoms with Crippen LogP contribution < -0.4 is 10.8 Å². The van der Waals surface area contributed by atoms with Gasteiger partial charge in [0.05, 0.1) is 14.6 Å². The van der Waals surface area contributed by atoms with Crippen LogP contribution in [-0.4, -0.2) is 74.5 Å². The summed E-state index contributed by atoms with van der Waals surface area (Å²) in [6.45, 7) is 9.26. The Labute approximate surface area is 151 Å². The second-order valence-corrected chi connectivity index (χ2v) is 15.1. The van der Waals surface area contributed by atoms with E-state index in [2.05, 4.69) is 16.1 Å². The summed E-state index contributed by atoms with van der Waals surface area (Å²) < 4.78 is 28.5. The quantitative estimate of drug-likeness (QED) is 0.344. The van der Waals surface area contributed by atoms with Crippen LogP contribution in [0.5, 0.6) is 0 Å². The van der Waals surface area contributed by atoms with E-state index >= 15 is 0 Å². The van der Waals surface area contributed by atoms with E-state index in [-0.39, 0.29) is 6.54 Å². The van der Waals surface area contributed by atoms with Crippen LogP contribution in [0.4, 0.5) is 0 Å². The zero-order valence-electron chi connectivity index (χ0n) is 15.1. The van der Waals surface area contributed by atoms with Crippen LogP contribution >= 0.6 is 0 Å². The number of terminal acetylenes is 1. The van der Waals surface area contributed by atoms with Gasteiger partial charge in [-0.15, -0.1) is 6.42 Å². The summed E-state index contributed by atoms with van der Waals surface area (Å²) in [6, 6.07) is -0.938. The normalized spacial score (nSPS) is 21.5. The predicted octanol–water partition coefficient (Wildman–Crippen LogP) is 0.161. The van der Waals surface area contributed by atoms with Gasteiger partial charge in [0.1, 0.15) is 16.7 Å². The van der Waals surface area contributed by atoms with Crippen molar-refractivity contribution in [2.45, 2.75) is 30.6 Å². The zero-order chi connectivity index (χ0) is 18.7. The lowest BCUT2D eigenvalue weighted by Gasteiger charge is -2.42. The number of allylic oxidation sites excluding steroid dienone is 2. The molecule has 0 radical (unpaired) electrons. The number of nitrogens with zero attached hydrogens (tertiary/aromatic N) is 2. The molecule has 25 heavy (non-hydrogen) atoms. The van der Waals surface area contributed by atoms with Crippen LogP contribution in [0.1, 0.15) is 0 Å². The highest BCUT2D eigenvalue weighted by atomic mass is 32.2. The third kappa shape index (κ3) is 4.27. The summed E-state index contributed by atoms with van der Waals surface area (Å²) in [4.78, 5) is 1.24. The molecule has 0 aromatic heterocycles. The summed E-state index contributed by atoms with van der Waals surface area (Å²) in [7, 11) is -6.02. The molecule has 3 N–H and O–H groups in total. The van der Waals surface area contributed by atoms with Gasteiger partial charge in [0.2, 0.25) is 10.0 Å². The van der Waals surface area contributed by atoms with Gasteiger partial charge in [0.25, 0.3) is 0 Å². The van der Waals surface area contributed by atoms with Gasteiger partial charge in [0, 0.05) is 26.2 Å². The second kappa shape index (κ2) is 7.93. The Bertz CT molecular complexity index is 672. The maximum absolute atomic E-state index is 13.5. The van der Waals surface area contributed by atoms with E-state index in [1.165, 1.54) is 4.31 Å². The van der Waals surface area contributed by atoms with Crippen LogP contribution in [0.2, 0.25) is 19.6 Å². The molecule has 0 amide bonds. The number of piperazine rings is 1. The Balaban J connectivity index is 2.42. The molecule has 0 saturated carbocycles. The fourth-order valence-electron chi connectivity index (χ4n) is 3.33. The van der Waals surface area contributed by atoms with Gasteiger partial charge in [-0.05, 0) is 6.08 Å². The van der Waals surface area contributed by atoms with Crippen LogP contribution in [-0.2, 0) is 10.0 Å². The number of hydroxylamine groups is 1. The Morgan fingerprint density at radius 1 is 1.36 bits per heavy atom. The van der Waals surface area contributed by atoms with Gasteiger partial charge >= 0.3 is 0 Å². The average Bonchev–Trinajstić information content (AvgIpc) is 2.59. The molecule has 2 atom stereocenters. The van der Waals surface area contributed by atoms with E-state index < -0.39 is 29.0 Å². The largest absolute Gasteiger partial charge is 0.355 e. The van der Waals surface area contributed by atoms with Crippen molar-refractivity contribution in [1.29, 1.82) is 0 Å². The summed E-state index contributed by atoms with van der Waals surface area (Å²) in [5, 5.41) is 12.7. The van der Waals surface area contributed by atoms with E-state index in [0.717, 1.165) is 26.2 Å². The van der Waals surface area contributed by atoms with Gasteiger partial charge in [-0.2, -0.15) is 5.48 Å². The summed E-state index contributed by atoms with van der Waals surface area (Å²) >= 11 is 0. The molecule has 0 aromatic rings. The highest BCUT2D eigenvalue weighted by Gasteiger charge is 2.47. The SMILES string of the molecule is C#CC(NO)C([Si](C)(C)C)S(=O)(=O)N1CC=CC=C1N1CCNCC1. The Kier molecular flexibility index (Phi) is 6.34. The van der Waals surface area contributed by atoms with Crippen molar-refractivity contribution < 1.29 is 13.6 Å². The number of nitrogens with one attached hydrogen (secondary N) is 2. The molecule has 140 valence electrons. The highest BCUT2D eigenvalue weighted by molar-refractivity contribution is 7.91. The van der Waals surface area contributed by atoms with Gasteiger partial charge in [-0.3, -0.25) is 4.31 Å². The molecule has 2 aliphatic heterocycles. The minimum Gasteiger partial charge on any atom is -0.355 e. The number of rotatable bonds is 6. The lowest BCUT2D eigenvalue weighted by Crippen LogP contribution is -2.60. The summed E-state index contributed by atoms with van der Waals surface area (Å²) in [6.07, 6.45) is 11.0. The average molecular weight is 385 g/mol. The first-order valence-electron chi connectivity index (χ1n) is 8.43. The van der Waals surface area contributed by atoms with Crippen molar-refractivity contribution in [3.8, 4) is 12.3 Å². The molecule has 2 rings (SSSR count). The molecule has 2 unspecified atom stereocenters. The fourth-order valence-corrected chi connectivity index (χ4v) is 9.94. The lowest BCUT2D eigenvalue weighted by atomic mass is 10.3. The monoisotopic (exact) mass is 384 g/mol. The topological polar surface area (TPSA) is 84.9 Å². The molecule has 2 aliphatic rings. The maximum atomic E-state index is 13.5. The van der Waals surface area contributed by atoms with Crippen LogP contribution in [0.25, 0.3) is 0 Å². The van der Waals surface area contributed by atoms with Gasteiger partial charge < -0.3 is 15.4 Å². The van der Waals surface area contributed by atoms with Crippen molar-refractivity contribution in [1.82, 2.24) is 20.0 Å². The Morgan fingerprint density at radius 3 is 2.52 bits per heavy atom. The van der Waals surface area contributed by atoms with Gasteiger partial charge in [-0.25, -0.2) is 8.42 Å². The molecule has 0 aromatic carbocycles. The van der Waals surface area contributed by atoms with E-state index in [1.54, 1.807) is 0 Å². The number of sulfonamides is 1. The predicted molar refractivity (Wildman–Crippen MR) is 102 cm³/mol. The van der Waals surface area contributed by atoms with Crippen molar-refractivity contribution in [2.75, 3.05) is 32.7 Å². The highest BCUT2D eigenvalue weighted by Crippen LogP contribution is 2.28. The smallest absolute Gasteiger partial charge is 0.239 e. The third-order valence-corrected chi connectivity index (χ3v) is 11.4. The lowest BCUT2D eigenvalue weighted by molar-refractivity contribution is 0.149. The molecule has 7 nitrogen and oxygen atoms in total. The summed E-state index contributed by atoms with van der Waals surface area (Å²) in [5.41, 5.74) is 2.03. The first-order valence-corrected chi connectivity index (χ1v) is 13.5. The van der Waals surface area contributed by atoms with Crippen molar-refractivity contribution in [3.63, 3.8) is 0 Å². The minimum absolute atomic E-state index is 0.280. The van der Waals surface area contributed by atoms with Crippen molar-refractivity contribution in [3.05, 3.63) is 24.0 Å². The molecular formula is C16H28N4O3SSi. The fraction of sp³-hybridized carbons (Fsp3) is 0.625. The zero-order valence-corrected chi connectivity index (χ0v) is 16.9. The number of hydrogen-bond donors (Lipinski definition) is 3. The third-order valence-electron chi connectivity index (χ3n) is 4.45. The standard InChI is InChI=1S/C16H28N4O3SSi/c1-5-14(18-21)16(25(2,3)4)24(22,23)20-11-7-6-8-15(20)19-12-9-17-10-13-19/h1,6-8,14,16-18,21H,9-13H2,2-4H3. The first-order chi connectivity index (χ1) is 11.7. The molecule has 2 heterocycles. The van der Waals surface area contributed by atoms with Crippen LogP contribution in [0.15, 0.2) is 24.0 Å². The molecule has 9 heteroatoms. The Morgan fingerprint density at radius 2 is 2.00 bits per heavy atom. The molecule has 0 aliphatic carbocycles. The van der Waals surface area contributed by atoms with E-state index in [0.29, 0.717) is 5.82 Å². The van der Waals surface area contributed by atoms with Gasteiger partial charge in [-0.1, -0.05) is 37.7 Å². The van der Waals surface area contributed by atoms with Gasteiger partial charge in [0.15, 0.2) is 0 Å². The van der Waals surface area contributed by atoms with Crippen LogP contribution in [0, 0.1) is 12.3 Å². The van der Waals surface area contributed by atoms with E-state index in [4.69, 9.17) is 6.42 Å². The second-order valence-electron chi connectivity index (χ2n) is 7.33. The maximum Gasteiger partial charge on any atom is 0.239 e. The van der Waals surface area contributed by atoms with Crippen molar-refractivity contribution >= 4 is 18.1 Å². The number of hydrogen-bond acceptors (Lipinski definition) is 6. The molecule has 0 bridgehead atoms. The first kappa shape index (κ1) is 20.0. The molecule has 1 saturated heterocycles. The molecular weight excluding hydrogens is 356 g/mol. The minimum atomic E-state index is -3.76. The molecule has 0 spiro atoms. The Hall–Kier alpha value is -1.31. The van der Waals surface area contributed by atoms with Crippen molar-refractivity contribution in [2.24, 2.45) is 0 Å². The summed E-state index contributed by atoms with van der Waals surface area (Å²) in [5.74, 6) is 3.09. The van der Waals surface area contributed by atoms with E-state index in [9.17, 15) is 13.6 Å². The van der Waals surface area contributed by atoms with Crippen LogP contribution in [0.3, 0.4) is 0 Å². The molecule has 1 fully saturated rings. The van der Waals surface area contributed by atoms with E-state index in [1.807, 2.05) is 43.3 Å².